The lowest BCUT2D eigenvalue weighted by molar-refractivity contribution is -0.112. The van der Waals surface area contributed by atoms with Gasteiger partial charge in [-0.2, -0.15) is 5.26 Å². The third kappa shape index (κ3) is 6.48. The lowest BCUT2D eigenvalue weighted by atomic mass is 10.1. The zero-order valence-electron chi connectivity index (χ0n) is 17.6. The number of ether oxygens (including phenoxy) is 2. The van der Waals surface area contributed by atoms with Gasteiger partial charge in [-0.25, -0.2) is 0 Å². The lowest BCUT2D eigenvalue weighted by Crippen LogP contribution is -2.13. The van der Waals surface area contributed by atoms with E-state index in [1.165, 1.54) is 5.56 Å². The van der Waals surface area contributed by atoms with E-state index in [9.17, 15) is 10.1 Å². The fourth-order valence-electron chi connectivity index (χ4n) is 2.86. The van der Waals surface area contributed by atoms with Gasteiger partial charge in [0.25, 0.3) is 5.91 Å². The third-order valence-corrected chi connectivity index (χ3v) is 4.48. The molecular weight excluding hydrogens is 388 g/mol. The average molecular weight is 412 g/mol. The van der Waals surface area contributed by atoms with Crippen molar-refractivity contribution in [1.82, 2.24) is 0 Å². The molecule has 5 nitrogen and oxygen atoms in total. The zero-order valence-corrected chi connectivity index (χ0v) is 17.6. The number of carbonyl (C=O) groups is 1. The first-order chi connectivity index (χ1) is 15.1. The van der Waals surface area contributed by atoms with E-state index in [1.54, 1.807) is 36.4 Å². The maximum Gasteiger partial charge on any atom is 0.266 e. The summed E-state index contributed by atoms with van der Waals surface area (Å²) >= 11 is 0. The maximum atomic E-state index is 12.5. The number of nitrogens with zero attached hydrogens (tertiary/aromatic N) is 1. The SMILES string of the molecule is CCOc1ccc(NC(=O)/C(C#N)=C/c2cccc(OCc3ccc(C)cc3)c2)cc1. The summed E-state index contributed by atoms with van der Waals surface area (Å²) in [5.41, 5.74) is 3.57. The van der Waals surface area contributed by atoms with Crippen LogP contribution in [0.4, 0.5) is 5.69 Å². The lowest BCUT2D eigenvalue weighted by Gasteiger charge is -2.08. The molecule has 5 heteroatoms. The molecule has 0 fully saturated rings. The molecule has 31 heavy (non-hydrogen) atoms. The highest BCUT2D eigenvalue weighted by molar-refractivity contribution is 6.09. The molecule has 3 aromatic rings. The minimum absolute atomic E-state index is 0.00423. The van der Waals surface area contributed by atoms with Crippen LogP contribution in [0.15, 0.2) is 78.4 Å². The van der Waals surface area contributed by atoms with Crippen LogP contribution in [0.2, 0.25) is 0 Å². The summed E-state index contributed by atoms with van der Waals surface area (Å²) in [6.45, 7) is 4.96. The van der Waals surface area contributed by atoms with Crippen molar-refractivity contribution < 1.29 is 14.3 Å². The van der Waals surface area contributed by atoms with Gasteiger partial charge < -0.3 is 14.8 Å². The summed E-state index contributed by atoms with van der Waals surface area (Å²) < 4.78 is 11.2. The summed E-state index contributed by atoms with van der Waals surface area (Å²) in [5.74, 6) is 0.912. The van der Waals surface area contributed by atoms with Gasteiger partial charge in [0.05, 0.1) is 6.61 Å². The molecule has 0 unspecified atom stereocenters. The predicted molar refractivity (Wildman–Crippen MR) is 122 cm³/mol. The van der Waals surface area contributed by atoms with E-state index in [0.717, 1.165) is 11.3 Å². The van der Waals surface area contributed by atoms with Crippen molar-refractivity contribution in [1.29, 1.82) is 5.26 Å². The van der Waals surface area contributed by atoms with Gasteiger partial charge in [0.15, 0.2) is 0 Å². The highest BCUT2D eigenvalue weighted by Crippen LogP contribution is 2.19. The molecule has 0 saturated heterocycles. The summed E-state index contributed by atoms with van der Waals surface area (Å²) in [4.78, 5) is 12.5. The summed E-state index contributed by atoms with van der Waals surface area (Å²) in [6, 6.07) is 24.4. The first-order valence-corrected chi connectivity index (χ1v) is 10.0. The van der Waals surface area contributed by atoms with E-state index < -0.39 is 5.91 Å². The van der Waals surface area contributed by atoms with Crippen LogP contribution in [0.1, 0.15) is 23.6 Å². The van der Waals surface area contributed by atoms with Crippen LogP contribution in [-0.4, -0.2) is 12.5 Å². The molecule has 3 rings (SSSR count). The molecule has 0 heterocycles. The van der Waals surface area contributed by atoms with Gasteiger partial charge in [-0.3, -0.25) is 4.79 Å². The Morgan fingerprint density at radius 1 is 1.00 bits per heavy atom. The van der Waals surface area contributed by atoms with Crippen molar-refractivity contribution in [3.8, 4) is 17.6 Å². The largest absolute Gasteiger partial charge is 0.494 e. The molecule has 156 valence electrons. The Labute approximate surface area is 182 Å². The maximum absolute atomic E-state index is 12.5. The smallest absolute Gasteiger partial charge is 0.266 e. The number of benzene rings is 3. The second-order valence-electron chi connectivity index (χ2n) is 6.93. The highest BCUT2D eigenvalue weighted by Gasteiger charge is 2.10. The number of aryl methyl sites for hydroxylation is 1. The van der Waals surface area contributed by atoms with Gasteiger partial charge in [-0.05, 0) is 67.4 Å². The quantitative estimate of drug-likeness (QED) is 0.391. The van der Waals surface area contributed by atoms with Crippen molar-refractivity contribution in [2.45, 2.75) is 20.5 Å². The van der Waals surface area contributed by atoms with Crippen LogP contribution in [0.5, 0.6) is 11.5 Å². The van der Waals surface area contributed by atoms with Gasteiger partial charge in [-0.15, -0.1) is 0 Å². The first-order valence-electron chi connectivity index (χ1n) is 10.0. The Hall–Kier alpha value is -4.04. The molecule has 0 aliphatic carbocycles. The Bertz CT molecular complexity index is 1090. The standard InChI is InChI=1S/C26H24N2O3/c1-3-30-24-13-11-23(12-14-24)28-26(29)22(17-27)15-21-5-4-6-25(16-21)31-18-20-9-7-19(2)8-10-20/h4-16H,3,18H2,1-2H3,(H,28,29)/b22-15+. The second kappa shape index (κ2) is 10.7. The van der Waals surface area contributed by atoms with Crippen LogP contribution < -0.4 is 14.8 Å². The summed E-state index contributed by atoms with van der Waals surface area (Å²) in [5, 5.41) is 12.2. The van der Waals surface area contributed by atoms with Crippen LogP contribution in [0.3, 0.4) is 0 Å². The Balaban J connectivity index is 1.66. The van der Waals surface area contributed by atoms with Crippen LogP contribution in [0, 0.1) is 18.3 Å². The van der Waals surface area contributed by atoms with Crippen molar-refractivity contribution in [2.75, 3.05) is 11.9 Å². The Morgan fingerprint density at radius 2 is 1.74 bits per heavy atom. The van der Waals surface area contributed by atoms with E-state index in [0.29, 0.717) is 30.2 Å². The molecule has 0 aromatic heterocycles. The van der Waals surface area contributed by atoms with Crippen molar-refractivity contribution in [3.63, 3.8) is 0 Å². The minimum atomic E-state index is -0.474. The number of anilines is 1. The number of amides is 1. The third-order valence-electron chi connectivity index (χ3n) is 4.48. The minimum Gasteiger partial charge on any atom is -0.494 e. The molecule has 0 spiro atoms. The van der Waals surface area contributed by atoms with Crippen molar-refractivity contribution in [2.24, 2.45) is 0 Å². The number of hydrogen-bond acceptors (Lipinski definition) is 4. The molecule has 0 bridgehead atoms. The number of nitriles is 1. The van der Waals surface area contributed by atoms with Crippen molar-refractivity contribution >= 4 is 17.7 Å². The van der Waals surface area contributed by atoms with Crippen LogP contribution >= 0.6 is 0 Å². The topological polar surface area (TPSA) is 71.3 Å². The molecule has 0 atom stereocenters. The molecule has 1 amide bonds. The summed E-state index contributed by atoms with van der Waals surface area (Å²) in [7, 11) is 0. The fraction of sp³-hybridized carbons (Fsp3) is 0.154. The fourth-order valence-corrected chi connectivity index (χ4v) is 2.86. The van der Waals surface area contributed by atoms with Gasteiger partial charge in [-0.1, -0.05) is 42.0 Å². The van der Waals surface area contributed by atoms with E-state index >= 15 is 0 Å². The van der Waals surface area contributed by atoms with Gasteiger partial charge in [0.1, 0.15) is 29.7 Å². The number of nitrogens with one attached hydrogen (secondary N) is 1. The Kier molecular flexibility index (Phi) is 7.45. The highest BCUT2D eigenvalue weighted by atomic mass is 16.5. The molecule has 0 aliphatic rings. The predicted octanol–water partition coefficient (Wildman–Crippen LogP) is 5.52. The first kappa shape index (κ1) is 21.7. The van der Waals surface area contributed by atoms with Gasteiger partial charge >= 0.3 is 0 Å². The van der Waals surface area contributed by atoms with Gasteiger partial charge in [0.2, 0.25) is 0 Å². The number of rotatable bonds is 8. The van der Waals surface area contributed by atoms with E-state index in [-0.39, 0.29) is 5.57 Å². The normalized spacial score (nSPS) is 10.8. The Morgan fingerprint density at radius 3 is 2.42 bits per heavy atom. The molecule has 0 saturated carbocycles. The van der Waals surface area contributed by atoms with Crippen LogP contribution in [0.25, 0.3) is 6.08 Å². The second-order valence-corrected chi connectivity index (χ2v) is 6.93. The molecular formula is C26H24N2O3. The van der Waals surface area contributed by atoms with Gasteiger partial charge in [0, 0.05) is 5.69 Å². The van der Waals surface area contributed by atoms with E-state index in [2.05, 4.69) is 5.32 Å². The average Bonchev–Trinajstić information content (AvgIpc) is 2.79. The molecule has 0 aliphatic heterocycles. The van der Waals surface area contributed by atoms with Crippen LogP contribution in [-0.2, 0) is 11.4 Å². The number of hydrogen-bond donors (Lipinski definition) is 1. The van der Waals surface area contributed by atoms with Crippen molar-refractivity contribution in [3.05, 3.63) is 95.1 Å². The zero-order chi connectivity index (χ0) is 22.1. The molecule has 0 radical (unpaired) electrons. The summed E-state index contributed by atoms with van der Waals surface area (Å²) in [6.07, 6.45) is 1.54. The number of carbonyl (C=O) groups excluding carboxylic acids is 1. The van der Waals surface area contributed by atoms with E-state index in [4.69, 9.17) is 9.47 Å². The monoisotopic (exact) mass is 412 g/mol. The van der Waals surface area contributed by atoms with E-state index in [1.807, 2.05) is 62.4 Å². The molecule has 3 aromatic carbocycles. The molecule has 1 N–H and O–H groups in total.